The van der Waals surface area contributed by atoms with Gasteiger partial charge in [0.1, 0.15) is 5.82 Å². The van der Waals surface area contributed by atoms with Crippen molar-refractivity contribution >= 4 is 57.8 Å². The minimum atomic E-state index is -0.322. The molecule has 1 amide bonds. The molecular formula is C16H9Cl2FN2OS. The lowest BCUT2D eigenvalue weighted by atomic mass is 10.2. The second kappa shape index (κ2) is 6.74. The maximum Gasteiger partial charge on any atom is 0.264 e. The highest BCUT2D eigenvalue weighted by atomic mass is 35.5. The molecule has 1 heterocycles. The van der Waals surface area contributed by atoms with E-state index in [2.05, 4.69) is 10.3 Å². The smallest absolute Gasteiger partial charge is 0.264 e. The summed E-state index contributed by atoms with van der Waals surface area (Å²) in [5.41, 5.74) is 1.32. The fourth-order valence-electron chi connectivity index (χ4n) is 1.86. The first kappa shape index (κ1) is 16.1. The van der Waals surface area contributed by atoms with E-state index in [9.17, 15) is 9.18 Å². The Morgan fingerprint density at radius 2 is 1.83 bits per heavy atom. The normalized spacial score (nSPS) is 17.8. The lowest BCUT2D eigenvalue weighted by molar-refractivity contribution is -0.115. The van der Waals surface area contributed by atoms with E-state index in [1.807, 2.05) is 0 Å². The van der Waals surface area contributed by atoms with E-state index in [1.54, 1.807) is 36.4 Å². The molecule has 0 spiro atoms. The van der Waals surface area contributed by atoms with Crippen molar-refractivity contribution in [1.82, 2.24) is 5.32 Å². The van der Waals surface area contributed by atoms with Crippen molar-refractivity contribution in [1.29, 1.82) is 0 Å². The Labute approximate surface area is 146 Å². The van der Waals surface area contributed by atoms with Crippen LogP contribution in [0.4, 0.5) is 10.1 Å². The van der Waals surface area contributed by atoms with Gasteiger partial charge >= 0.3 is 0 Å². The van der Waals surface area contributed by atoms with Crippen molar-refractivity contribution in [2.45, 2.75) is 0 Å². The third-order valence-corrected chi connectivity index (χ3v) is 4.60. The molecule has 1 aliphatic heterocycles. The van der Waals surface area contributed by atoms with Crippen LogP contribution in [-0.2, 0) is 4.79 Å². The molecule has 7 heteroatoms. The van der Waals surface area contributed by atoms with Crippen molar-refractivity contribution in [3.63, 3.8) is 0 Å². The van der Waals surface area contributed by atoms with Gasteiger partial charge in [-0.05, 0) is 53.7 Å². The van der Waals surface area contributed by atoms with E-state index >= 15 is 0 Å². The highest BCUT2D eigenvalue weighted by Gasteiger charge is 2.23. The van der Waals surface area contributed by atoms with Crippen LogP contribution in [0.25, 0.3) is 6.08 Å². The zero-order valence-electron chi connectivity index (χ0n) is 11.5. The summed E-state index contributed by atoms with van der Waals surface area (Å²) in [5, 5.41) is 3.95. The van der Waals surface area contributed by atoms with E-state index in [1.165, 1.54) is 23.9 Å². The average Bonchev–Trinajstić information content (AvgIpc) is 2.85. The van der Waals surface area contributed by atoms with Crippen molar-refractivity contribution < 1.29 is 9.18 Å². The first-order valence-corrected chi connectivity index (χ1v) is 8.09. The predicted molar refractivity (Wildman–Crippen MR) is 93.7 cm³/mol. The first-order valence-electron chi connectivity index (χ1n) is 6.51. The van der Waals surface area contributed by atoms with E-state index in [0.717, 1.165) is 5.56 Å². The number of hydrogen-bond donors (Lipinski definition) is 1. The van der Waals surface area contributed by atoms with Crippen LogP contribution in [0.3, 0.4) is 0 Å². The second-order valence-corrected chi connectivity index (χ2v) is 6.48. The summed E-state index contributed by atoms with van der Waals surface area (Å²) in [6.07, 6.45) is 1.68. The van der Waals surface area contributed by atoms with Gasteiger partial charge in [0.25, 0.3) is 5.91 Å². The standard InChI is InChI=1S/C16H9Cl2FN2OS/c17-12-6-5-11(8-13(12)18)20-16-21-15(22)14(23-16)7-9-1-3-10(19)4-2-9/h1-8H,(H,20,21,22)/b14-7-. The number of amidine groups is 1. The van der Waals surface area contributed by atoms with Crippen molar-refractivity contribution in [2.24, 2.45) is 4.99 Å². The summed E-state index contributed by atoms with van der Waals surface area (Å²) >= 11 is 13.0. The van der Waals surface area contributed by atoms with Gasteiger partial charge in [-0.25, -0.2) is 9.38 Å². The highest BCUT2D eigenvalue weighted by molar-refractivity contribution is 8.18. The molecule has 2 aromatic rings. The van der Waals surface area contributed by atoms with Crippen LogP contribution >= 0.6 is 35.0 Å². The highest BCUT2D eigenvalue weighted by Crippen LogP contribution is 2.30. The van der Waals surface area contributed by atoms with Crippen LogP contribution in [0.15, 0.2) is 52.4 Å². The second-order valence-electron chi connectivity index (χ2n) is 4.63. The third kappa shape index (κ3) is 3.93. The van der Waals surface area contributed by atoms with Gasteiger partial charge in [-0.1, -0.05) is 35.3 Å². The Morgan fingerprint density at radius 3 is 2.52 bits per heavy atom. The predicted octanol–water partition coefficient (Wildman–Crippen LogP) is 5.02. The fraction of sp³-hybridized carbons (Fsp3) is 0. The number of carbonyl (C=O) groups excluding carboxylic acids is 1. The molecule has 116 valence electrons. The number of thioether (sulfide) groups is 1. The average molecular weight is 367 g/mol. The number of carbonyl (C=O) groups is 1. The molecule has 3 nitrogen and oxygen atoms in total. The monoisotopic (exact) mass is 366 g/mol. The van der Waals surface area contributed by atoms with E-state index < -0.39 is 0 Å². The number of rotatable bonds is 2. The molecule has 0 aliphatic carbocycles. The summed E-state index contributed by atoms with van der Waals surface area (Å²) < 4.78 is 12.9. The van der Waals surface area contributed by atoms with Crippen molar-refractivity contribution in [3.8, 4) is 0 Å². The first-order chi connectivity index (χ1) is 11.0. The Hall–Kier alpha value is -1.82. The summed E-state index contributed by atoms with van der Waals surface area (Å²) in [7, 11) is 0. The van der Waals surface area contributed by atoms with Gasteiger partial charge in [0.05, 0.1) is 20.6 Å². The molecule has 1 fully saturated rings. The lowest BCUT2D eigenvalue weighted by Crippen LogP contribution is -2.19. The number of aliphatic imine (C=N–C) groups is 1. The minimum Gasteiger partial charge on any atom is -0.300 e. The summed E-state index contributed by atoms with van der Waals surface area (Å²) in [6, 6.07) is 10.8. The quantitative estimate of drug-likeness (QED) is 0.757. The summed E-state index contributed by atoms with van der Waals surface area (Å²) in [4.78, 5) is 16.8. The number of halogens is 3. The van der Waals surface area contributed by atoms with Crippen LogP contribution in [0.2, 0.25) is 10.0 Å². The van der Waals surface area contributed by atoms with Crippen LogP contribution in [0.1, 0.15) is 5.56 Å². The molecular weight excluding hydrogens is 358 g/mol. The third-order valence-electron chi connectivity index (χ3n) is 2.95. The molecule has 0 radical (unpaired) electrons. The van der Waals surface area contributed by atoms with Gasteiger partial charge in [-0.2, -0.15) is 0 Å². The molecule has 1 aliphatic rings. The number of nitrogens with one attached hydrogen (secondary N) is 1. The molecule has 1 saturated heterocycles. The molecule has 23 heavy (non-hydrogen) atoms. The Morgan fingerprint density at radius 1 is 1.09 bits per heavy atom. The Balaban J connectivity index is 1.82. The molecule has 0 atom stereocenters. The number of nitrogens with zero attached hydrogens (tertiary/aromatic N) is 1. The zero-order chi connectivity index (χ0) is 16.4. The molecule has 0 aromatic heterocycles. The van der Waals surface area contributed by atoms with Crippen LogP contribution < -0.4 is 5.32 Å². The SMILES string of the molecule is O=C1NC(=Nc2ccc(Cl)c(Cl)c2)S/C1=C\c1ccc(F)cc1. The zero-order valence-corrected chi connectivity index (χ0v) is 13.8. The van der Waals surface area contributed by atoms with Crippen molar-refractivity contribution in [3.05, 3.63) is 68.8 Å². The van der Waals surface area contributed by atoms with Gasteiger partial charge in [0.2, 0.25) is 0 Å². The van der Waals surface area contributed by atoms with Crippen LogP contribution in [0, 0.1) is 5.82 Å². The lowest BCUT2D eigenvalue weighted by Gasteiger charge is -1.99. The molecule has 0 saturated carbocycles. The van der Waals surface area contributed by atoms with Crippen molar-refractivity contribution in [2.75, 3.05) is 0 Å². The molecule has 1 N–H and O–H groups in total. The summed E-state index contributed by atoms with van der Waals surface area (Å²) in [5.74, 6) is -0.573. The molecule has 0 unspecified atom stereocenters. The number of hydrogen-bond acceptors (Lipinski definition) is 3. The van der Waals surface area contributed by atoms with Gasteiger partial charge < -0.3 is 5.32 Å². The number of amides is 1. The fourth-order valence-corrected chi connectivity index (χ4v) is 3.00. The molecule has 2 aromatic carbocycles. The Kier molecular flexibility index (Phi) is 4.71. The molecule has 3 rings (SSSR count). The van der Waals surface area contributed by atoms with Crippen LogP contribution in [0.5, 0.6) is 0 Å². The van der Waals surface area contributed by atoms with Gasteiger partial charge in [0, 0.05) is 0 Å². The summed E-state index contributed by atoms with van der Waals surface area (Å²) in [6.45, 7) is 0. The molecule has 0 bridgehead atoms. The van der Waals surface area contributed by atoms with Crippen LogP contribution in [-0.4, -0.2) is 11.1 Å². The van der Waals surface area contributed by atoms with Gasteiger partial charge in [-0.3, -0.25) is 4.79 Å². The Bertz CT molecular complexity index is 834. The maximum atomic E-state index is 12.9. The van der Waals surface area contributed by atoms with E-state index in [-0.39, 0.29) is 11.7 Å². The number of benzene rings is 2. The van der Waals surface area contributed by atoms with Gasteiger partial charge in [0.15, 0.2) is 5.17 Å². The van der Waals surface area contributed by atoms with Gasteiger partial charge in [-0.15, -0.1) is 0 Å². The van der Waals surface area contributed by atoms with E-state index in [0.29, 0.717) is 25.8 Å². The maximum absolute atomic E-state index is 12.9. The van der Waals surface area contributed by atoms with E-state index in [4.69, 9.17) is 23.2 Å². The minimum absolute atomic E-state index is 0.252. The topological polar surface area (TPSA) is 41.5 Å². The largest absolute Gasteiger partial charge is 0.300 e.